The Kier molecular flexibility index (Phi) is 2.42. The molecular formula is C11H17N3O. The number of hydrogen-bond donors (Lipinski definition) is 1. The van der Waals surface area contributed by atoms with Gasteiger partial charge in [0, 0.05) is 32.0 Å². The summed E-state index contributed by atoms with van der Waals surface area (Å²) < 4.78 is 0. The average molecular weight is 207 g/mol. The summed E-state index contributed by atoms with van der Waals surface area (Å²) in [7, 11) is 1.86. The number of aromatic nitrogens is 1. The largest absolute Gasteiger partial charge is 0.367 e. The van der Waals surface area contributed by atoms with E-state index in [0.717, 1.165) is 6.54 Å². The molecule has 1 fully saturated rings. The van der Waals surface area contributed by atoms with Gasteiger partial charge in [-0.3, -0.25) is 0 Å². The standard InChI is InChI=1S/C11H17N3O/c1-8(2)14-7-10(13(3)11(14)15)9-4-5-12-6-9/h4-6,8,10,12H,7H2,1-3H3. The number of urea groups is 1. The van der Waals surface area contributed by atoms with Gasteiger partial charge < -0.3 is 14.8 Å². The van der Waals surface area contributed by atoms with Crippen LogP contribution in [-0.2, 0) is 0 Å². The van der Waals surface area contributed by atoms with Gasteiger partial charge in [-0.15, -0.1) is 0 Å². The van der Waals surface area contributed by atoms with Gasteiger partial charge in [-0.25, -0.2) is 4.79 Å². The molecular weight excluding hydrogens is 190 g/mol. The molecule has 0 aliphatic carbocycles. The first-order chi connectivity index (χ1) is 7.11. The summed E-state index contributed by atoms with van der Waals surface area (Å²) in [5.41, 5.74) is 1.18. The van der Waals surface area contributed by atoms with Gasteiger partial charge in [0.2, 0.25) is 0 Å². The van der Waals surface area contributed by atoms with Gasteiger partial charge in [-0.1, -0.05) is 0 Å². The van der Waals surface area contributed by atoms with E-state index in [-0.39, 0.29) is 18.1 Å². The zero-order chi connectivity index (χ0) is 11.0. The first-order valence-corrected chi connectivity index (χ1v) is 5.27. The van der Waals surface area contributed by atoms with Crippen LogP contribution in [0.1, 0.15) is 25.5 Å². The van der Waals surface area contributed by atoms with Crippen LogP contribution >= 0.6 is 0 Å². The van der Waals surface area contributed by atoms with E-state index in [1.807, 2.05) is 49.2 Å². The molecule has 4 nitrogen and oxygen atoms in total. The third-order valence-electron chi connectivity index (χ3n) is 3.01. The highest BCUT2D eigenvalue weighted by Crippen LogP contribution is 2.28. The molecule has 2 amide bonds. The number of carbonyl (C=O) groups is 1. The van der Waals surface area contributed by atoms with E-state index in [1.54, 1.807) is 0 Å². The maximum Gasteiger partial charge on any atom is 0.320 e. The second-order valence-corrected chi connectivity index (χ2v) is 4.30. The van der Waals surface area contributed by atoms with Crippen molar-refractivity contribution in [3.8, 4) is 0 Å². The van der Waals surface area contributed by atoms with Crippen molar-refractivity contribution < 1.29 is 4.79 Å². The Morgan fingerprint density at radius 3 is 2.73 bits per heavy atom. The molecule has 2 rings (SSSR count). The number of amides is 2. The molecule has 15 heavy (non-hydrogen) atoms. The molecule has 1 atom stereocenters. The van der Waals surface area contributed by atoms with Crippen molar-refractivity contribution >= 4 is 6.03 Å². The summed E-state index contributed by atoms with van der Waals surface area (Å²) in [6, 6.07) is 2.60. The Hall–Kier alpha value is -1.45. The van der Waals surface area contributed by atoms with Crippen LogP contribution in [0.5, 0.6) is 0 Å². The number of nitrogens with zero attached hydrogens (tertiary/aromatic N) is 2. The summed E-state index contributed by atoms with van der Waals surface area (Å²) in [5, 5.41) is 0. The van der Waals surface area contributed by atoms with Crippen molar-refractivity contribution in [3.63, 3.8) is 0 Å². The van der Waals surface area contributed by atoms with Crippen molar-refractivity contribution in [1.29, 1.82) is 0 Å². The van der Waals surface area contributed by atoms with Gasteiger partial charge in [0.1, 0.15) is 0 Å². The van der Waals surface area contributed by atoms with Crippen molar-refractivity contribution in [1.82, 2.24) is 14.8 Å². The normalized spacial score (nSPS) is 21.9. The highest BCUT2D eigenvalue weighted by Gasteiger charge is 2.36. The van der Waals surface area contributed by atoms with Crippen molar-refractivity contribution in [3.05, 3.63) is 24.0 Å². The zero-order valence-electron chi connectivity index (χ0n) is 9.40. The van der Waals surface area contributed by atoms with E-state index >= 15 is 0 Å². The van der Waals surface area contributed by atoms with E-state index < -0.39 is 0 Å². The van der Waals surface area contributed by atoms with Crippen LogP contribution in [0, 0.1) is 0 Å². The third-order valence-corrected chi connectivity index (χ3v) is 3.01. The summed E-state index contributed by atoms with van der Waals surface area (Å²) in [6.45, 7) is 4.88. The summed E-state index contributed by atoms with van der Waals surface area (Å²) in [6.07, 6.45) is 3.85. The fraction of sp³-hybridized carbons (Fsp3) is 0.545. The summed E-state index contributed by atoms with van der Waals surface area (Å²) >= 11 is 0. The minimum Gasteiger partial charge on any atom is -0.367 e. The van der Waals surface area contributed by atoms with E-state index in [9.17, 15) is 4.79 Å². The van der Waals surface area contributed by atoms with E-state index in [0.29, 0.717) is 0 Å². The van der Waals surface area contributed by atoms with Gasteiger partial charge in [-0.2, -0.15) is 0 Å². The molecule has 1 aromatic rings. The highest BCUT2D eigenvalue weighted by molar-refractivity contribution is 5.77. The fourth-order valence-corrected chi connectivity index (χ4v) is 2.03. The number of aromatic amines is 1. The molecule has 82 valence electrons. The van der Waals surface area contributed by atoms with Crippen molar-refractivity contribution in [2.75, 3.05) is 13.6 Å². The van der Waals surface area contributed by atoms with Crippen LogP contribution in [0.15, 0.2) is 18.5 Å². The molecule has 1 aliphatic heterocycles. The molecule has 0 aromatic carbocycles. The Labute approximate surface area is 89.9 Å². The lowest BCUT2D eigenvalue weighted by molar-refractivity contribution is 0.187. The van der Waals surface area contributed by atoms with Gasteiger partial charge in [-0.05, 0) is 25.5 Å². The zero-order valence-corrected chi connectivity index (χ0v) is 9.40. The quantitative estimate of drug-likeness (QED) is 0.789. The van der Waals surface area contributed by atoms with Crippen LogP contribution in [0.4, 0.5) is 4.79 Å². The number of rotatable bonds is 2. The predicted octanol–water partition coefficient (Wildman–Crippen LogP) is 1.83. The van der Waals surface area contributed by atoms with Crippen molar-refractivity contribution in [2.45, 2.75) is 25.9 Å². The first kappa shape index (κ1) is 10.1. The number of nitrogens with one attached hydrogen (secondary N) is 1. The van der Waals surface area contributed by atoms with Gasteiger partial charge in [0.25, 0.3) is 0 Å². The van der Waals surface area contributed by atoms with Crippen LogP contribution in [0.3, 0.4) is 0 Å². The smallest absolute Gasteiger partial charge is 0.320 e. The van der Waals surface area contributed by atoms with Crippen LogP contribution in [0.2, 0.25) is 0 Å². The minimum absolute atomic E-state index is 0.121. The minimum atomic E-state index is 0.121. The predicted molar refractivity (Wildman–Crippen MR) is 58.5 cm³/mol. The number of carbonyl (C=O) groups excluding carboxylic acids is 1. The number of H-pyrrole nitrogens is 1. The maximum absolute atomic E-state index is 11.9. The third kappa shape index (κ3) is 1.60. The molecule has 1 N–H and O–H groups in total. The molecule has 1 aromatic heterocycles. The molecule has 0 saturated carbocycles. The SMILES string of the molecule is CC(C)N1CC(c2cc[nH]c2)N(C)C1=O. The monoisotopic (exact) mass is 207 g/mol. The molecule has 1 unspecified atom stereocenters. The van der Waals surface area contributed by atoms with Gasteiger partial charge in [0.05, 0.1) is 6.04 Å². The van der Waals surface area contributed by atoms with Crippen molar-refractivity contribution in [2.24, 2.45) is 0 Å². The van der Waals surface area contributed by atoms with Crippen LogP contribution < -0.4 is 0 Å². The topological polar surface area (TPSA) is 39.3 Å². The molecule has 1 saturated heterocycles. The Morgan fingerprint density at radius 1 is 1.53 bits per heavy atom. The molecule has 0 spiro atoms. The molecule has 4 heteroatoms. The van der Waals surface area contributed by atoms with Crippen LogP contribution in [-0.4, -0.2) is 40.4 Å². The van der Waals surface area contributed by atoms with Gasteiger partial charge in [0.15, 0.2) is 0 Å². The Morgan fingerprint density at radius 2 is 2.27 bits per heavy atom. The molecule has 0 radical (unpaired) electrons. The Bertz CT molecular complexity index is 345. The van der Waals surface area contributed by atoms with E-state index in [4.69, 9.17) is 0 Å². The second-order valence-electron chi connectivity index (χ2n) is 4.30. The highest BCUT2D eigenvalue weighted by atomic mass is 16.2. The van der Waals surface area contributed by atoms with Crippen LogP contribution in [0.25, 0.3) is 0 Å². The average Bonchev–Trinajstić information content (AvgIpc) is 2.77. The number of likely N-dealkylation sites (N-methyl/N-ethyl adjacent to an activating group) is 1. The molecule has 2 heterocycles. The number of hydrogen-bond acceptors (Lipinski definition) is 1. The fourth-order valence-electron chi connectivity index (χ4n) is 2.03. The lowest BCUT2D eigenvalue weighted by atomic mass is 10.1. The summed E-state index contributed by atoms with van der Waals surface area (Å²) in [4.78, 5) is 18.6. The lowest BCUT2D eigenvalue weighted by Crippen LogP contribution is -2.34. The molecule has 1 aliphatic rings. The van der Waals surface area contributed by atoms with Gasteiger partial charge >= 0.3 is 6.03 Å². The second kappa shape index (κ2) is 3.61. The summed E-state index contributed by atoms with van der Waals surface area (Å²) in [5.74, 6) is 0. The molecule has 0 bridgehead atoms. The lowest BCUT2D eigenvalue weighted by Gasteiger charge is -2.19. The maximum atomic E-state index is 11.9. The first-order valence-electron chi connectivity index (χ1n) is 5.27. The van der Waals surface area contributed by atoms with E-state index in [1.165, 1.54) is 5.56 Å². The van der Waals surface area contributed by atoms with E-state index in [2.05, 4.69) is 4.98 Å². The Balaban J connectivity index is 2.21.